The fourth-order valence-corrected chi connectivity index (χ4v) is 1.53. The topological polar surface area (TPSA) is 53.7 Å². The smallest absolute Gasteiger partial charge is 0.0480 e. The van der Waals surface area contributed by atoms with Crippen molar-refractivity contribution in [3.8, 4) is 0 Å². The van der Waals surface area contributed by atoms with Gasteiger partial charge in [-0.15, -0.1) is 0 Å². The van der Waals surface area contributed by atoms with E-state index in [9.17, 15) is 0 Å². The number of para-hydroxylation sites is 1. The number of hydrogen-bond acceptors (Lipinski definition) is 1. The number of nitrogens with zero attached hydrogens (tertiary/aromatic N) is 4. The molecule has 1 heterocycles. The number of fused-ring (bicyclic) bond motifs is 1. The van der Waals surface area contributed by atoms with Crippen molar-refractivity contribution in [2.75, 3.05) is 6.54 Å². The number of hydrogen-bond donors (Lipinski definition) is 0. The second-order valence-electron chi connectivity index (χ2n) is 3.02. The summed E-state index contributed by atoms with van der Waals surface area (Å²) in [4.78, 5) is 2.73. The van der Waals surface area contributed by atoms with Gasteiger partial charge in [-0.25, -0.2) is 0 Å². The molecule has 0 aliphatic heterocycles. The Morgan fingerprint density at radius 2 is 2.14 bits per heavy atom. The van der Waals surface area contributed by atoms with Crippen LogP contribution in [0.3, 0.4) is 0 Å². The first-order valence-electron chi connectivity index (χ1n) is 4.46. The minimum atomic E-state index is 0.495. The third-order valence-corrected chi connectivity index (χ3v) is 2.18. The van der Waals surface area contributed by atoms with E-state index in [1.807, 2.05) is 18.3 Å². The van der Waals surface area contributed by atoms with E-state index in [0.29, 0.717) is 6.54 Å². The molecule has 0 aliphatic carbocycles. The first-order valence-corrected chi connectivity index (χ1v) is 4.46. The fraction of sp³-hybridized carbons (Fsp3) is 0.200. The largest absolute Gasteiger partial charge is 0.347 e. The molecule has 0 atom stereocenters. The molecule has 0 spiro atoms. The summed E-state index contributed by atoms with van der Waals surface area (Å²) >= 11 is 0. The van der Waals surface area contributed by atoms with Crippen LogP contribution in [0.15, 0.2) is 41.6 Å². The van der Waals surface area contributed by atoms with E-state index in [0.717, 1.165) is 6.54 Å². The van der Waals surface area contributed by atoms with Crippen LogP contribution in [0.1, 0.15) is 0 Å². The SMILES string of the molecule is [N-]=[N+]=NCCn1ccc2ccccc21. The van der Waals surface area contributed by atoms with Crippen molar-refractivity contribution in [3.05, 3.63) is 47.0 Å². The lowest BCUT2D eigenvalue weighted by atomic mass is 10.2. The molecule has 0 aliphatic rings. The maximum absolute atomic E-state index is 8.16. The third-order valence-electron chi connectivity index (χ3n) is 2.18. The molecule has 0 N–H and O–H groups in total. The van der Waals surface area contributed by atoms with Crippen LogP contribution in [-0.2, 0) is 6.54 Å². The molecule has 0 fully saturated rings. The highest BCUT2D eigenvalue weighted by Crippen LogP contribution is 2.14. The van der Waals surface area contributed by atoms with Gasteiger partial charge in [-0.2, -0.15) is 0 Å². The van der Waals surface area contributed by atoms with Crippen LogP contribution >= 0.6 is 0 Å². The summed E-state index contributed by atoms with van der Waals surface area (Å²) in [7, 11) is 0. The van der Waals surface area contributed by atoms with E-state index in [1.54, 1.807) is 0 Å². The quantitative estimate of drug-likeness (QED) is 0.402. The van der Waals surface area contributed by atoms with Crippen LogP contribution in [0.2, 0.25) is 0 Å². The van der Waals surface area contributed by atoms with Gasteiger partial charge in [-0.05, 0) is 23.1 Å². The van der Waals surface area contributed by atoms with Crippen LogP contribution in [0.5, 0.6) is 0 Å². The Labute approximate surface area is 81.4 Å². The maximum Gasteiger partial charge on any atom is 0.0480 e. The molecule has 0 saturated heterocycles. The lowest BCUT2D eigenvalue weighted by Gasteiger charge is -2.01. The minimum Gasteiger partial charge on any atom is -0.347 e. The molecule has 2 rings (SSSR count). The molecule has 4 nitrogen and oxygen atoms in total. The van der Waals surface area contributed by atoms with Gasteiger partial charge in [0.2, 0.25) is 0 Å². The average molecular weight is 186 g/mol. The van der Waals surface area contributed by atoms with Crippen LogP contribution in [-0.4, -0.2) is 11.1 Å². The molecule has 0 unspecified atom stereocenters. The van der Waals surface area contributed by atoms with Crippen molar-refractivity contribution in [3.63, 3.8) is 0 Å². The van der Waals surface area contributed by atoms with Gasteiger partial charge in [0, 0.05) is 29.7 Å². The van der Waals surface area contributed by atoms with Gasteiger partial charge in [-0.1, -0.05) is 23.3 Å². The van der Waals surface area contributed by atoms with Gasteiger partial charge in [-0.3, -0.25) is 0 Å². The Kier molecular flexibility index (Phi) is 2.38. The second-order valence-corrected chi connectivity index (χ2v) is 3.02. The average Bonchev–Trinajstić information content (AvgIpc) is 2.63. The molecule has 4 heteroatoms. The minimum absolute atomic E-state index is 0.495. The second kappa shape index (κ2) is 3.85. The van der Waals surface area contributed by atoms with Gasteiger partial charge in [0.1, 0.15) is 0 Å². The summed E-state index contributed by atoms with van der Waals surface area (Å²) in [6.07, 6.45) is 2.01. The normalized spacial score (nSPS) is 10.0. The van der Waals surface area contributed by atoms with Gasteiger partial charge in [0.25, 0.3) is 0 Å². The Morgan fingerprint density at radius 3 is 3.00 bits per heavy atom. The predicted octanol–water partition coefficient (Wildman–Crippen LogP) is 2.95. The highest BCUT2D eigenvalue weighted by Gasteiger charge is 1.97. The van der Waals surface area contributed by atoms with Crippen molar-refractivity contribution in [1.29, 1.82) is 0 Å². The van der Waals surface area contributed by atoms with Crippen molar-refractivity contribution in [1.82, 2.24) is 4.57 Å². The fourth-order valence-electron chi connectivity index (χ4n) is 1.53. The van der Waals surface area contributed by atoms with E-state index in [2.05, 4.69) is 32.8 Å². The third kappa shape index (κ3) is 1.56. The zero-order valence-corrected chi connectivity index (χ0v) is 7.67. The Bertz CT molecular complexity index is 480. The predicted molar refractivity (Wildman–Crippen MR) is 56.0 cm³/mol. The van der Waals surface area contributed by atoms with E-state index < -0.39 is 0 Å². The molecule has 14 heavy (non-hydrogen) atoms. The summed E-state index contributed by atoms with van der Waals surface area (Å²) in [5.74, 6) is 0. The highest BCUT2D eigenvalue weighted by molar-refractivity contribution is 5.79. The van der Waals surface area contributed by atoms with Crippen LogP contribution in [0, 0.1) is 0 Å². The number of aromatic nitrogens is 1. The van der Waals surface area contributed by atoms with E-state index in [4.69, 9.17) is 5.53 Å². The molecule has 1 aromatic heterocycles. The zero-order valence-electron chi connectivity index (χ0n) is 7.67. The molecule has 1 aromatic carbocycles. The maximum atomic E-state index is 8.16. The van der Waals surface area contributed by atoms with E-state index >= 15 is 0 Å². The van der Waals surface area contributed by atoms with Gasteiger partial charge in [0.05, 0.1) is 0 Å². The Hall–Kier alpha value is -1.93. The molecule has 2 aromatic rings. The number of benzene rings is 1. The van der Waals surface area contributed by atoms with Crippen LogP contribution in [0.25, 0.3) is 21.3 Å². The lowest BCUT2D eigenvalue weighted by molar-refractivity contribution is 0.732. The molecule has 0 amide bonds. The van der Waals surface area contributed by atoms with Crippen molar-refractivity contribution >= 4 is 10.9 Å². The Balaban J connectivity index is 2.29. The summed E-state index contributed by atoms with van der Waals surface area (Å²) in [5, 5.41) is 4.73. The number of azide groups is 1. The first kappa shape index (κ1) is 8.66. The van der Waals surface area contributed by atoms with Crippen LogP contribution < -0.4 is 0 Å². The highest BCUT2D eigenvalue weighted by atomic mass is 15.1. The molecular formula is C10H10N4. The summed E-state index contributed by atoms with van der Waals surface area (Å²) in [5.41, 5.74) is 9.34. The Morgan fingerprint density at radius 1 is 1.29 bits per heavy atom. The molecule has 0 bridgehead atoms. The molecule has 70 valence electrons. The number of rotatable bonds is 3. The van der Waals surface area contributed by atoms with E-state index in [1.165, 1.54) is 10.9 Å². The molecule has 0 saturated carbocycles. The van der Waals surface area contributed by atoms with Crippen molar-refractivity contribution < 1.29 is 0 Å². The molecule has 0 radical (unpaired) electrons. The van der Waals surface area contributed by atoms with Crippen molar-refractivity contribution in [2.24, 2.45) is 5.11 Å². The van der Waals surface area contributed by atoms with Gasteiger partial charge >= 0.3 is 0 Å². The van der Waals surface area contributed by atoms with Crippen LogP contribution in [0.4, 0.5) is 0 Å². The monoisotopic (exact) mass is 186 g/mol. The zero-order chi connectivity index (χ0) is 9.80. The lowest BCUT2D eigenvalue weighted by Crippen LogP contribution is -1.97. The van der Waals surface area contributed by atoms with Gasteiger partial charge < -0.3 is 4.57 Å². The standard InChI is InChI=1S/C10H10N4/c11-13-12-6-8-14-7-5-9-3-1-2-4-10(9)14/h1-5,7H,6,8H2. The van der Waals surface area contributed by atoms with E-state index in [-0.39, 0.29) is 0 Å². The van der Waals surface area contributed by atoms with Crippen molar-refractivity contribution in [2.45, 2.75) is 6.54 Å². The summed E-state index contributed by atoms with van der Waals surface area (Å²) < 4.78 is 2.09. The summed E-state index contributed by atoms with van der Waals surface area (Å²) in [6.45, 7) is 1.23. The molecular weight excluding hydrogens is 176 g/mol. The summed E-state index contributed by atoms with van der Waals surface area (Å²) in [6, 6.07) is 10.2. The first-order chi connectivity index (χ1) is 6.92. The van der Waals surface area contributed by atoms with Gasteiger partial charge in [0.15, 0.2) is 0 Å².